The Morgan fingerprint density at radius 2 is 1.77 bits per heavy atom. The van der Waals surface area contributed by atoms with Crippen LogP contribution in [0.25, 0.3) is 0 Å². The molecule has 1 aliphatic heterocycles. The van der Waals surface area contributed by atoms with Crippen LogP contribution in [0.1, 0.15) is 56.6 Å². The summed E-state index contributed by atoms with van der Waals surface area (Å²) >= 11 is 6.18. The quantitative estimate of drug-likeness (QED) is 0.316. The van der Waals surface area contributed by atoms with Crippen molar-refractivity contribution in [2.24, 2.45) is 0 Å². The summed E-state index contributed by atoms with van der Waals surface area (Å²) in [5.41, 5.74) is 12.2. The number of carbonyl (C=O) groups is 1. The fourth-order valence-corrected chi connectivity index (χ4v) is 5.41. The van der Waals surface area contributed by atoms with Gasteiger partial charge in [0, 0.05) is 29.0 Å². The molecule has 0 fully saturated rings. The minimum Gasteiger partial charge on any atom is -0.497 e. The largest absolute Gasteiger partial charge is 0.497 e. The van der Waals surface area contributed by atoms with Gasteiger partial charge in [-0.05, 0) is 41.7 Å². The number of halogens is 1. The highest BCUT2D eigenvalue weighted by Crippen LogP contribution is 2.52. The van der Waals surface area contributed by atoms with Crippen LogP contribution in [0.3, 0.4) is 0 Å². The summed E-state index contributed by atoms with van der Waals surface area (Å²) in [6, 6.07) is 23.5. The number of nitrogens with two attached hydrogens (primary N) is 1. The number of nitrogens with zero attached hydrogens (tertiary/aromatic N) is 1. The number of aromatic nitrogens is 1. The highest BCUT2D eigenvalue weighted by atomic mass is 35.5. The third kappa shape index (κ3) is 3.63. The summed E-state index contributed by atoms with van der Waals surface area (Å²) in [5, 5.41) is 0.648. The van der Waals surface area contributed by atoms with Crippen molar-refractivity contribution in [3.63, 3.8) is 0 Å². The van der Waals surface area contributed by atoms with E-state index in [4.69, 9.17) is 31.8 Å². The molecule has 0 radical (unpaired) electrons. The van der Waals surface area contributed by atoms with Crippen LogP contribution in [0.15, 0.2) is 72.8 Å². The van der Waals surface area contributed by atoms with Gasteiger partial charge in [0.2, 0.25) is 5.88 Å². The second kappa shape index (κ2) is 8.43. The van der Waals surface area contributed by atoms with Gasteiger partial charge in [-0.15, -0.1) is 0 Å². The lowest BCUT2D eigenvalue weighted by atomic mass is 9.77. The Balaban J connectivity index is 1.53. The van der Waals surface area contributed by atoms with Crippen molar-refractivity contribution in [3.05, 3.63) is 111 Å². The number of hydrogen-bond acceptors (Lipinski definition) is 5. The minimum atomic E-state index is -0.255. The Morgan fingerprint density at radius 3 is 2.51 bits per heavy atom. The normalized spacial score (nSPS) is 18.2. The molecular formula is C29H23ClN2O3. The monoisotopic (exact) mass is 482 g/mol. The van der Waals surface area contributed by atoms with Crippen molar-refractivity contribution < 1.29 is 14.3 Å². The van der Waals surface area contributed by atoms with E-state index in [2.05, 4.69) is 12.1 Å². The Morgan fingerprint density at radius 1 is 1.00 bits per heavy atom. The number of methoxy groups -OCH3 is 1. The number of Topliss-reactive ketones (excluding diaryl/α,β-unsaturated/α-hetero) is 1. The lowest BCUT2D eigenvalue weighted by Gasteiger charge is -2.32. The van der Waals surface area contributed by atoms with E-state index in [9.17, 15) is 4.79 Å². The van der Waals surface area contributed by atoms with Crippen molar-refractivity contribution in [2.75, 3.05) is 12.8 Å². The highest BCUT2D eigenvalue weighted by Gasteiger charge is 2.38. The van der Waals surface area contributed by atoms with Crippen LogP contribution in [-0.2, 0) is 6.42 Å². The number of carbonyl (C=O) groups excluding carboxylic acids is 1. The van der Waals surface area contributed by atoms with E-state index in [0.717, 1.165) is 22.3 Å². The number of anilines is 1. The smallest absolute Gasteiger partial charge is 0.225 e. The number of hydrogen-bond donors (Lipinski definition) is 1. The fourth-order valence-electron chi connectivity index (χ4n) is 5.28. The van der Waals surface area contributed by atoms with Gasteiger partial charge in [-0.2, -0.15) is 0 Å². The first kappa shape index (κ1) is 21.7. The van der Waals surface area contributed by atoms with Crippen LogP contribution in [0.2, 0.25) is 5.02 Å². The van der Waals surface area contributed by atoms with Gasteiger partial charge in [0.15, 0.2) is 5.78 Å². The first-order chi connectivity index (χ1) is 17.0. The molecule has 0 bridgehead atoms. The number of benzene rings is 3. The fraction of sp³-hybridized carbons (Fsp3) is 0.172. The molecule has 35 heavy (non-hydrogen) atoms. The Kier molecular flexibility index (Phi) is 5.23. The highest BCUT2D eigenvalue weighted by molar-refractivity contribution is 6.30. The molecule has 174 valence electrons. The first-order valence-electron chi connectivity index (χ1n) is 11.5. The second-order valence-electron chi connectivity index (χ2n) is 9.00. The van der Waals surface area contributed by atoms with Crippen LogP contribution < -0.4 is 15.2 Å². The van der Waals surface area contributed by atoms with Crippen LogP contribution in [0.4, 0.5) is 5.69 Å². The number of ether oxygens (including phenoxy) is 2. The molecule has 6 rings (SSSR count). The molecule has 1 aliphatic carbocycles. The van der Waals surface area contributed by atoms with Gasteiger partial charge < -0.3 is 15.2 Å². The van der Waals surface area contributed by atoms with Crippen LogP contribution in [0, 0.1) is 0 Å². The van der Waals surface area contributed by atoms with Crippen molar-refractivity contribution in [1.82, 2.24) is 4.98 Å². The summed E-state index contributed by atoms with van der Waals surface area (Å²) in [6.45, 7) is 0. The van der Waals surface area contributed by atoms with Gasteiger partial charge in [-0.1, -0.05) is 60.1 Å². The van der Waals surface area contributed by atoms with Crippen LogP contribution >= 0.6 is 11.6 Å². The molecule has 1 aromatic heterocycles. The lowest BCUT2D eigenvalue weighted by Crippen LogP contribution is -2.25. The predicted octanol–water partition coefficient (Wildman–Crippen LogP) is 6.52. The maximum atomic E-state index is 13.4. The van der Waals surface area contributed by atoms with E-state index >= 15 is 0 Å². The molecule has 5 nitrogen and oxygen atoms in total. The number of pyridine rings is 1. The molecule has 0 saturated carbocycles. The molecule has 0 spiro atoms. The molecule has 2 unspecified atom stereocenters. The summed E-state index contributed by atoms with van der Waals surface area (Å²) in [4.78, 5) is 18.3. The zero-order chi connectivity index (χ0) is 24.1. The average Bonchev–Trinajstić information content (AvgIpc) is 2.88. The summed E-state index contributed by atoms with van der Waals surface area (Å²) in [5.74, 6) is 1.60. The zero-order valence-corrected chi connectivity index (χ0v) is 19.9. The molecule has 2 aliphatic rings. The first-order valence-corrected chi connectivity index (χ1v) is 11.9. The van der Waals surface area contributed by atoms with Crippen LogP contribution in [0.5, 0.6) is 17.4 Å². The number of ketones is 1. The maximum Gasteiger partial charge on any atom is 0.225 e. The minimum absolute atomic E-state index is 0.0169. The van der Waals surface area contributed by atoms with E-state index in [-0.39, 0.29) is 17.6 Å². The standard InChI is InChI=1S/C29H23ClN2O3/c1-34-20-11-12-21-24(15-20)35-29-27(25(21)17-7-9-19(30)10-8-17)28(31)26-22(32-29)13-18(14-23(26)33)16-5-3-2-4-6-16/h2-12,15,18,25H,13-14H2,1H3,(H2,31,32). The third-order valence-corrected chi connectivity index (χ3v) is 7.22. The average molecular weight is 483 g/mol. The maximum absolute atomic E-state index is 13.4. The van der Waals surface area contributed by atoms with Crippen molar-refractivity contribution in [1.29, 1.82) is 0 Å². The lowest BCUT2D eigenvalue weighted by molar-refractivity contribution is 0.0964. The predicted molar refractivity (Wildman–Crippen MR) is 136 cm³/mol. The summed E-state index contributed by atoms with van der Waals surface area (Å²) in [6.07, 6.45) is 1.03. The summed E-state index contributed by atoms with van der Waals surface area (Å²) < 4.78 is 11.7. The Hall–Kier alpha value is -3.83. The molecule has 6 heteroatoms. The summed E-state index contributed by atoms with van der Waals surface area (Å²) in [7, 11) is 1.62. The van der Waals surface area contributed by atoms with Crippen LogP contribution in [-0.4, -0.2) is 17.9 Å². The zero-order valence-electron chi connectivity index (χ0n) is 19.1. The van der Waals surface area contributed by atoms with Crippen molar-refractivity contribution in [3.8, 4) is 17.4 Å². The number of fused-ring (bicyclic) bond motifs is 3. The van der Waals surface area contributed by atoms with E-state index < -0.39 is 0 Å². The van der Waals surface area contributed by atoms with Gasteiger partial charge in [0.25, 0.3) is 0 Å². The Bertz CT molecular complexity index is 1450. The van der Waals surface area contributed by atoms with E-state index in [1.54, 1.807) is 7.11 Å². The number of nitrogen functional groups attached to an aromatic ring is 1. The molecule has 2 heterocycles. The molecule has 0 saturated heterocycles. The molecule has 2 atom stereocenters. The van der Waals surface area contributed by atoms with E-state index in [0.29, 0.717) is 52.2 Å². The molecule has 2 N–H and O–H groups in total. The van der Waals surface area contributed by atoms with E-state index in [1.807, 2.05) is 60.7 Å². The van der Waals surface area contributed by atoms with E-state index in [1.165, 1.54) is 0 Å². The van der Waals surface area contributed by atoms with Gasteiger partial charge >= 0.3 is 0 Å². The Labute approximate surface area is 208 Å². The van der Waals surface area contributed by atoms with Gasteiger partial charge in [0.05, 0.1) is 29.6 Å². The van der Waals surface area contributed by atoms with Crippen molar-refractivity contribution in [2.45, 2.75) is 24.7 Å². The second-order valence-corrected chi connectivity index (χ2v) is 9.43. The van der Waals surface area contributed by atoms with Gasteiger partial charge in [-0.25, -0.2) is 4.98 Å². The third-order valence-electron chi connectivity index (χ3n) is 6.97. The molecular weight excluding hydrogens is 460 g/mol. The van der Waals surface area contributed by atoms with Gasteiger partial charge in [-0.3, -0.25) is 4.79 Å². The van der Waals surface area contributed by atoms with Crippen molar-refractivity contribution >= 4 is 23.1 Å². The van der Waals surface area contributed by atoms with Gasteiger partial charge in [0.1, 0.15) is 11.5 Å². The molecule has 0 amide bonds. The SMILES string of the molecule is COc1ccc2c(c1)Oc1nc3c(c(N)c1C2c1ccc(Cl)cc1)C(=O)CC(c1ccccc1)C3. The number of rotatable bonds is 3. The topological polar surface area (TPSA) is 74.4 Å². The molecule has 3 aromatic carbocycles. The molecule has 4 aromatic rings.